The fourth-order valence-corrected chi connectivity index (χ4v) is 2.95. The van der Waals surface area contributed by atoms with Crippen LogP contribution >= 0.6 is 11.3 Å². The number of oxazole rings is 1. The molecule has 0 spiro atoms. The first-order valence-electron chi connectivity index (χ1n) is 7.90. The summed E-state index contributed by atoms with van der Waals surface area (Å²) in [6, 6.07) is 7.24. The van der Waals surface area contributed by atoms with Gasteiger partial charge in [0, 0.05) is 6.20 Å². The molecule has 0 saturated carbocycles. The first-order chi connectivity index (χ1) is 13.2. The van der Waals surface area contributed by atoms with E-state index < -0.39 is 11.8 Å². The second-order valence-corrected chi connectivity index (χ2v) is 6.34. The SMILES string of the molecule is O=C(NCc1coc(-c2cccs2)n1)C(=O)NCc1nnc2cccnn12. The van der Waals surface area contributed by atoms with E-state index >= 15 is 0 Å². The molecule has 0 aromatic carbocycles. The van der Waals surface area contributed by atoms with Crippen LogP contribution in [-0.4, -0.2) is 36.6 Å². The fraction of sp³-hybridized carbons (Fsp3) is 0.125. The minimum atomic E-state index is -0.787. The van der Waals surface area contributed by atoms with Crippen molar-refractivity contribution in [2.45, 2.75) is 13.1 Å². The summed E-state index contributed by atoms with van der Waals surface area (Å²) >= 11 is 1.50. The van der Waals surface area contributed by atoms with Crippen molar-refractivity contribution >= 4 is 28.8 Å². The van der Waals surface area contributed by atoms with Crippen molar-refractivity contribution in [1.82, 2.24) is 35.4 Å². The number of aromatic nitrogens is 5. The van der Waals surface area contributed by atoms with Crippen molar-refractivity contribution in [3.8, 4) is 10.8 Å². The van der Waals surface area contributed by atoms with E-state index in [1.807, 2.05) is 17.5 Å². The van der Waals surface area contributed by atoms with Gasteiger partial charge in [-0.05, 0) is 23.6 Å². The molecule has 4 rings (SSSR count). The number of hydrogen-bond acceptors (Lipinski definition) is 8. The number of nitrogens with one attached hydrogen (secondary N) is 2. The monoisotopic (exact) mass is 383 g/mol. The smallest absolute Gasteiger partial charge is 0.309 e. The molecule has 4 aromatic rings. The molecule has 0 unspecified atom stereocenters. The summed E-state index contributed by atoms with van der Waals surface area (Å²) in [5, 5.41) is 18.8. The van der Waals surface area contributed by atoms with Gasteiger partial charge in [0.15, 0.2) is 11.5 Å². The summed E-state index contributed by atoms with van der Waals surface area (Å²) < 4.78 is 6.85. The molecule has 0 aliphatic carbocycles. The lowest BCUT2D eigenvalue weighted by atomic mass is 10.4. The molecule has 0 radical (unpaired) electrons. The first kappa shape index (κ1) is 16.8. The Labute approximate surface area is 156 Å². The number of thiophene rings is 1. The summed E-state index contributed by atoms with van der Waals surface area (Å²) in [6.45, 7) is 0.105. The van der Waals surface area contributed by atoms with Gasteiger partial charge in [-0.2, -0.15) is 9.61 Å². The van der Waals surface area contributed by atoms with Crippen LogP contribution in [0.15, 0.2) is 46.5 Å². The summed E-state index contributed by atoms with van der Waals surface area (Å²) in [5.41, 5.74) is 1.07. The molecular formula is C16H13N7O3S. The Bertz CT molecular complexity index is 1090. The summed E-state index contributed by atoms with van der Waals surface area (Å²) in [4.78, 5) is 29.0. The lowest BCUT2D eigenvalue weighted by Gasteiger charge is -2.04. The minimum absolute atomic E-state index is 0.0247. The van der Waals surface area contributed by atoms with E-state index in [4.69, 9.17) is 4.42 Å². The molecule has 0 aliphatic rings. The number of amides is 2. The average Bonchev–Trinajstić information content (AvgIpc) is 3.44. The van der Waals surface area contributed by atoms with Crippen molar-refractivity contribution in [3.63, 3.8) is 0 Å². The van der Waals surface area contributed by atoms with E-state index in [-0.39, 0.29) is 13.1 Å². The van der Waals surface area contributed by atoms with Crippen LogP contribution in [0.25, 0.3) is 16.4 Å². The van der Waals surface area contributed by atoms with E-state index in [2.05, 4.69) is 30.9 Å². The third kappa shape index (κ3) is 3.67. The van der Waals surface area contributed by atoms with Crippen LogP contribution in [0.4, 0.5) is 0 Å². The molecule has 0 aliphatic heterocycles. The number of carbonyl (C=O) groups is 2. The van der Waals surface area contributed by atoms with Crippen LogP contribution in [0.5, 0.6) is 0 Å². The van der Waals surface area contributed by atoms with Crippen molar-refractivity contribution in [2.75, 3.05) is 0 Å². The van der Waals surface area contributed by atoms with E-state index in [1.54, 1.807) is 18.3 Å². The highest BCUT2D eigenvalue weighted by molar-refractivity contribution is 7.13. The van der Waals surface area contributed by atoms with Gasteiger partial charge >= 0.3 is 11.8 Å². The summed E-state index contributed by atoms with van der Waals surface area (Å²) in [7, 11) is 0. The molecule has 2 amide bonds. The molecule has 0 bridgehead atoms. The van der Waals surface area contributed by atoms with E-state index in [9.17, 15) is 9.59 Å². The maximum absolute atomic E-state index is 11.9. The molecule has 0 saturated heterocycles. The van der Waals surface area contributed by atoms with Crippen LogP contribution in [0.2, 0.25) is 0 Å². The van der Waals surface area contributed by atoms with Crippen molar-refractivity contribution < 1.29 is 14.0 Å². The Morgan fingerprint density at radius 3 is 2.78 bits per heavy atom. The summed E-state index contributed by atoms with van der Waals surface area (Å²) in [5.74, 6) is -0.671. The number of hydrogen-bond donors (Lipinski definition) is 2. The zero-order valence-corrected chi connectivity index (χ0v) is 14.6. The van der Waals surface area contributed by atoms with Crippen LogP contribution in [-0.2, 0) is 22.7 Å². The standard InChI is InChI=1S/C16H13N7O3S/c24-14(17-7-10-9-26-16(20-10)11-3-2-6-27-11)15(25)18-8-13-22-21-12-4-1-5-19-23(12)13/h1-6,9H,7-8H2,(H,17,24)(H,18,25). The van der Waals surface area contributed by atoms with Gasteiger partial charge in [0.2, 0.25) is 5.89 Å². The second kappa shape index (κ2) is 7.33. The topological polar surface area (TPSA) is 127 Å². The van der Waals surface area contributed by atoms with E-state index in [1.165, 1.54) is 22.1 Å². The Balaban J connectivity index is 1.30. The molecule has 0 fully saturated rings. The molecule has 136 valence electrons. The van der Waals surface area contributed by atoms with Crippen LogP contribution < -0.4 is 10.6 Å². The predicted octanol–water partition coefficient (Wildman–Crippen LogP) is 0.773. The van der Waals surface area contributed by atoms with Crippen molar-refractivity contribution in [1.29, 1.82) is 0 Å². The predicted molar refractivity (Wildman–Crippen MR) is 94.3 cm³/mol. The Kier molecular flexibility index (Phi) is 4.58. The van der Waals surface area contributed by atoms with Gasteiger partial charge in [0.25, 0.3) is 0 Å². The number of nitrogens with zero attached hydrogens (tertiary/aromatic N) is 5. The highest BCUT2D eigenvalue weighted by Crippen LogP contribution is 2.23. The zero-order valence-electron chi connectivity index (χ0n) is 13.8. The maximum atomic E-state index is 11.9. The second-order valence-electron chi connectivity index (χ2n) is 5.40. The Hall–Kier alpha value is -3.60. The van der Waals surface area contributed by atoms with E-state index in [0.29, 0.717) is 23.1 Å². The number of fused-ring (bicyclic) bond motifs is 1. The molecule has 27 heavy (non-hydrogen) atoms. The fourth-order valence-electron chi connectivity index (χ4n) is 2.29. The van der Waals surface area contributed by atoms with Gasteiger partial charge < -0.3 is 15.1 Å². The third-order valence-electron chi connectivity index (χ3n) is 3.57. The van der Waals surface area contributed by atoms with Gasteiger partial charge in [-0.15, -0.1) is 21.5 Å². The number of rotatable bonds is 5. The first-order valence-corrected chi connectivity index (χ1v) is 8.78. The van der Waals surface area contributed by atoms with Gasteiger partial charge in [0.05, 0.1) is 23.7 Å². The van der Waals surface area contributed by atoms with Gasteiger partial charge in [-0.25, -0.2) is 4.98 Å². The summed E-state index contributed by atoms with van der Waals surface area (Å²) in [6.07, 6.45) is 3.03. The largest absolute Gasteiger partial charge is 0.443 e. The highest BCUT2D eigenvalue weighted by Gasteiger charge is 2.16. The third-order valence-corrected chi connectivity index (χ3v) is 4.43. The van der Waals surface area contributed by atoms with E-state index in [0.717, 1.165) is 4.88 Å². The van der Waals surface area contributed by atoms with Gasteiger partial charge in [-0.3, -0.25) is 9.59 Å². The van der Waals surface area contributed by atoms with Crippen LogP contribution in [0.1, 0.15) is 11.5 Å². The number of carbonyl (C=O) groups excluding carboxylic acids is 2. The molecule has 4 heterocycles. The minimum Gasteiger partial charge on any atom is -0.443 e. The van der Waals surface area contributed by atoms with Crippen molar-refractivity contribution in [3.05, 3.63) is 53.6 Å². The van der Waals surface area contributed by atoms with Gasteiger partial charge in [0.1, 0.15) is 6.26 Å². The zero-order chi connectivity index (χ0) is 18.6. The highest BCUT2D eigenvalue weighted by atomic mass is 32.1. The van der Waals surface area contributed by atoms with Crippen molar-refractivity contribution in [2.24, 2.45) is 0 Å². The lowest BCUT2D eigenvalue weighted by molar-refractivity contribution is -0.139. The van der Waals surface area contributed by atoms with Gasteiger partial charge in [-0.1, -0.05) is 6.07 Å². The molecule has 2 N–H and O–H groups in total. The average molecular weight is 383 g/mol. The lowest BCUT2D eigenvalue weighted by Crippen LogP contribution is -2.39. The molecule has 4 aromatic heterocycles. The maximum Gasteiger partial charge on any atom is 0.309 e. The van der Waals surface area contributed by atoms with Crippen LogP contribution in [0, 0.1) is 0 Å². The molecule has 11 heteroatoms. The Morgan fingerprint density at radius 1 is 1.11 bits per heavy atom. The Morgan fingerprint density at radius 2 is 1.96 bits per heavy atom. The van der Waals surface area contributed by atoms with Crippen LogP contribution in [0.3, 0.4) is 0 Å². The normalized spacial score (nSPS) is 10.8. The quantitative estimate of drug-likeness (QED) is 0.487. The molecule has 10 nitrogen and oxygen atoms in total. The molecule has 0 atom stereocenters. The molecular weight excluding hydrogens is 370 g/mol.